The maximum atomic E-state index is 15.2. The van der Waals surface area contributed by atoms with E-state index in [4.69, 9.17) is 28.4 Å². The Bertz CT molecular complexity index is 1960. The minimum Gasteiger partial charge on any atom is -0.479 e. The summed E-state index contributed by atoms with van der Waals surface area (Å²) in [7, 11) is 0. The van der Waals surface area contributed by atoms with Crippen LogP contribution in [0.25, 0.3) is 0 Å². The summed E-state index contributed by atoms with van der Waals surface area (Å²) in [5.41, 5.74) is -1.65. The van der Waals surface area contributed by atoms with Gasteiger partial charge in [0.05, 0.1) is 18.3 Å². The Morgan fingerprint density at radius 3 is 1.76 bits per heavy atom. The first kappa shape index (κ1) is 51.2. The quantitative estimate of drug-likeness (QED) is 0.152. The van der Waals surface area contributed by atoms with Crippen molar-refractivity contribution < 1.29 is 93.9 Å². The second-order valence-electron chi connectivity index (χ2n) is 23.8. The van der Waals surface area contributed by atoms with E-state index in [1.165, 1.54) is 0 Å². The normalized spacial score (nSPS) is 53.8. The van der Waals surface area contributed by atoms with Gasteiger partial charge in [0, 0.05) is 11.3 Å². The van der Waals surface area contributed by atoms with Gasteiger partial charge >= 0.3 is 11.9 Å². The monoisotopic (exact) mass is 954 g/mol. The van der Waals surface area contributed by atoms with Crippen molar-refractivity contribution >= 4 is 17.7 Å². The molecule has 0 aromatic rings. The van der Waals surface area contributed by atoms with E-state index in [2.05, 4.69) is 41.5 Å². The van der Waals surface area contributed by atoms with Crippen molar-refractivity contribution in [2.45, 2.75) is 218 Å². The molecule has 19 heteroatoms. The lowest BCUT2D eigenvalue weighted by atomic mass is 9.33. The van der Waals surface area contributed by atoms with Crippen molar-refractivity contribution in [1.29, 1.82) is 0 Å². The number of carboxylic acid groups (broad SMARTS) is 2. The number of aliphatic carboxylic acids is 2. The second kappa shape index (κ2) is 17.2. The molecule has 24 atom stereocenters. The molecule has 0 spiro atoms. The van der Waals surface area contributed by atoms with Gasteiger partial charge in [0.2, 0.25) is 0 Å². The zero-order valence-corrected chi connectivity index (χ0v) is 39.9. The van der Waals surface area contributed by atoms with Crippen molar-refractivity contribution in [2.24, 2.45) is 50.2 Å². The number of ketones is 1. The number of ether oxygens (including phenoxy) is 6. The van der Waals surface area contributed by atoms with Gasteiger partial charge in [-0.25, -0.2) is 9.59 Å². The van der Waals surface area contributed by atoms with Gasteiger partial charge in [-0.2, -0.15) is 0 Å². The third-order valence-electron chi connectivity index (χ3n) is 19.1. The van der Waals surface area contributed by atoms with Crippen LogP contribution in [-0.4, -0.2) is 173 Å². The van der Waals surface area contributed by atoms with Crippen LogP contribution in [-0.2, 0) is 42.8 Å². The highest BCUT2D eigenvalue weighted by Crippen LogP contribution is 2.75. The molecule has 5 aliphatic carbocycles. The average Bonchev–Trinajstić information content (AvgIpc) is 3.23. The molecule has 0 amide bonds. The Hall–Kier alpha value is -2.21. The van der Waals surface area contributed by atoms with Crippen molar-refractivity contribution in [3.63, 3.8) is 0 Å². The summed E-state index contributed by atoms with van der Waals surface area (Å²) in [4.78, 5) is 39.4. The molecule has 10 N–H and O–H groups in total. The minimum atomic E-state index is -2.06. The highest BCUT2D eigenvalue weighted by molar-refractivity contribution is 5.95. The van der Waals surface area contributed by atoms with Crippen molar-refractivity contribution in [1.82, 2.24) is 0 Å². The molecular formula is C48H74O19. The van der Waals surface area contributed by atoms with Crippen LogP contribution in [0.2, 0.25) is 0 Å². The number of aliphatic hydroxyl groups is 8. The molecule has 4 saturated carbocycles. The summed E-state index contributed by atoms with van der Waals surface area (Å²) in [5.74, 6) is -3.77. The fraction of sp³-hybridized carbons (Fsp3) is 0.896. The summed E-state index contributed by atoms with van der Waals surface area (Å²) < 4.78 is 36.2. The number of carboxylic acids is 2. The molecule has 8 rings (SSSR count). The van der Waals surface area contributed by atoms with Gasteiger partial charge < -0.3 is 79.5 Å². The number of carbonyl (C=O) groups is 3. The van der Waals surface area contributed by atoms with E-state index in [0.29, 0.717) is 32.1 Å². The second-order valence-corrected chi connectivity index (χ2v) is 23.8. The van der Waals surface area contributed by atoms with Crippen molar-refractivity contribution in [3.05, 3.63) is 11.6 Å². The van der Waals surface area contributed by atoms with Crippen molar-refractivity contribution in [3.8, 4) is 0 Å². The van der Waals surface area contributed by atoms with Crippen LogP contribution < -0.4 is 0 Å². The fourth-order valence-corrected chi connectivity index (χ4v) is 15.0. The zero-order valence-electron chi connectivity index (χ0n) is 39.9. The summed E-state index contributed by atoms with van der Waals surface area (Å²) in [6.45, 7) is 19.0. The van der Waals surface area contributed by atoms with E-state index in [1.54, 1.807) is 6.92 Å². The Labute approximate surface area is 390 Å². The first-order chi connectivity index (χ1) is 30.9. The molecule has 0 radical (unpaired) electrons. The van der Waals surface area contributed by atoms with Gasteiger partial charge in [-0.05, 0) is 103 Å². The molecule has 380 valence electrons. The van der Waals surface area contributed by atoms with E-state index in [0.717, 1.165) is 24.8 Å². The molecule has 0 aromatic carbocycles. The molecule has 3 aliphatic heterocycles. The minimum absolute atomic E-state index is 0.0425. The molecule has 19 nitrogen and oxygen atoms in total. The van der Waals surface area contributed by atoms with E-state index in [-0.39, 0.29) is 40.5 Å². The lowest BCUT2D eigenvalue weighted by molar-refractivity contribution is -0.371. The fourth-order valence-electron chi connectivity index (χ4n) is 15.0. The Kier molecular flexibility index (Phi) is 13.2. The van der Waals surface area contributed by atoms with Crippen LogP contribution in [0.15, 0.2) is 11.6 Å². The predicted molar refractivity (Wildman–Crippen MR) is 230 cm³/mol. The molecule has 7 fully saturated rings. The van der Waals surface area contributed by atoms with Crippen LogP contribution in [0.3, 0.4) is 0 Å². The molecular weight excluding hydrogens is 881 g/mol. The highest BCUT2D eigenvalue weighted by atomic mass is 16.8. The summed E-state index contributed by atoms with van der Waals surface area (Å²) >= 11 is 0. The van der Waals surface area contributed by atoms with Gasteiger partial charge in [-0.3, -0.25) is 4.79 Å². The topological polar surface area (TPSA) is 309 Å². The standard InChI is InChI=1S/C48H74O19/c1-19-26(50)27(51)32(56)40(62-19)64-25-18-43(2,3)17-21-20-16-22(49)37-46(7)12-11-24(44(4,5)23(46)10-13-48(37,9)47(20,8)15-14-45(21,25)6)63-42-36(31(55)30(54)35(66-42)39(60)61)67-41-33(57)28(52)29(53)34(65-41)38(58)59/h16,19,21,23-37,40-42,50-57H,10-15,17-18H2,1-9H3,(H,58,59)(H,60,61)/t19-,21-,23-,24-,25+,26-,27+,28-,29-,30-,31-,32+,33+,34-,35-,36+,37+,40-,41-,42+,45+,46-,47+,48+/m0/s1. The number of aliphatic hydroxyl groups excluding tert-OH is 8. The van der Waals surface area contributed by atoms with E-state index >= 15 is 4.79 Å². The molecule has 3 saturated heterocycles. The molecule has 8 aliphatic rings. The SMILES string of the molecule is C[C@@H]1O[C@@H](O[C@@H]2CC(C)(C)C[C@H]3C4=CC(=O)[C@@H]5[C@@]6(C)CC[C@H](O[C@@H]7O[C@H](C(=O)O)[C@@H](O)[C@H](O)[C@H]7O[C@@H]7O[C@H](C(=O)O)[C@@H](O)[C@H](O)[C@H]7O)C(C)(C)[C@@H]6CC[C@@]5(C)[C@]4(C)CC[C@@]23C)[C@H](O)[C@H](O)[C@H]1O. The number of rotatable bonds is 8. The van der Waals surface area contributed by atoms with Gasteiger partial charge in [0.1, 0.15) is 54.9 Å². The third kappa shape index (κ3) is 7.88. The molecule has 0 bridgehead atoms. The molecule has 0 aromatic heterocycles. The van der Waals surface area contributed by atoms with E-state index in [9.17, 15) is 60.7 Å². The van der Waals surface area contributed by atoms with Crippen LogP contribution in [0, 0.1) is 50.2 Å². The lowest BCUT2D eigenvalue weighted by Gasteiger charge is -2.71. The van der Waals surface area contributed by atoms with Crippen LogP contribution in [0.4, 0.5) is 0 Å². The van der Waals surface area contributed by atoms with E-state index < -0.39 is 132 Å². The number of allylic oxidation sites excluding steroid dienone is 2. The third-order valence-corrected chi connectivity index (χ3v) is 19.1. The van der Waals surface area contributed by atoms with E-state index in [1.807, 2.05) is 19.9 Å². The number of fused-ring (bicyclic) bond motifs is 7. The van der Waals surface area contributed by atoms with Gasteiger partial charge in [-0.15, -0.1) is 0 Å². The first-order valence-electron chi connectivity index (χ1n) is 24.0. The van der Waals surface area contributed by atoms with Crippen LogP contribution >= 0.6 is 0 Å². The first-order valence-corrected chi connectivity index (χ1v) is 24.0. The van der Waals surface area contributed by atoms with Crippen LogP contribution in [0.1, 0.15) is 114 Å². The molecule has 0 unspecified atom stereocenters. The highest BCUT2D eigenvalue weighted by Gasteiger charge is 2.71. The smallest absolute Gasteiger partial charge is 0.335 e. The number of carbonyl (C=O) groups excluding carboxylic acids is 1. The van der Waals surface area contributed by atoms with Gasteiger partial charge in [0.25, 0.3) is 0 Å². The van der Waals surface area contributed by atoms with Crippen LogP contribution in [0.5, 0.6) is 0 Å². The zero-order chi connectivity index (χ0) is 49.5. The average molecular weight is 955 g/mol. The number of hydrogen-bond donors (Lipinski definition) is 10. The predicted octanol–water partition coefficient (Wildman–Crippen LogP) is 1.00. The maximum absolute atomic E-state index is 15.2. The maximum Gasteiger partial charge on any atom is 0.335 e. The summed E-state index contributed by atoms with van der Waals surface area (Å²) in [6, 6.07) is 0. The number of hydrogen-bond acceptors (Lipinski definition) is 17. The Balaban J connectivity index is 1.06. The summed E-state index contributed by atoms with van der Waals surface area (Å²) in [5, 5.41) is 105. The lowest BCUT2D eigenvalue weighted by Crippen LogP contribution is -2.68. The largest absolute Gasteiger partial charge is 0.479 e. The van der Waals surface area contributed by atoms with Gasteiger partial charge in [-0.1, -0.05) is 61.0 Å². The van der Waals surface area contributed by atoms with Gasteiger partial charge in [0.15, 0.2) is 36.9 Å². The Morgan fingerprint density at radius 2 is 1.15 bits per heavy atom. The molecule has 67 heavy (non-hydrogen) atoms. The van der Waals surface area contributed by atoms with Crippen molar-refractivity contribution in [2.75, 3.05) is 0 Å². The summed E-state index contributed by atoms with van der Waals surface area (Å²) in [6.07, 6.45) is -19.6. The Morgan fingerprint density at radius 1 is 0.597 bits per heavy atom. The molecule has 3 heterocycles.